The molecule has 1 unspecified atom stereocenters. The fourth-order valence-electron chi connectivity index (χ4n) is 5.05. The highest BCUT2D eigenvalue weighted by Gasteiger charge is 2.40. The Kier molecular flexibility index (Phi) is 6.14. The molecule has 9 nitrogen and oxygen atoms in total. The van der Waals surface area contributed by atoms with Crippen LogP contribution in [0.25, 0.3) is 0 Å². The highest BCUT2D eigenvalue weighted by atomic mass is 19.1. The van der Waals surface area contributed by atoms with Crippen molar-refractivity contribution in [1.82, 2.24) is 15.1 Å². The second-order valence-electron chi connectivity index (χ2n) is 9.22. The summed E-state index contributed by atoms with van der Waals surface area (Å²) in [5.74, 6) is -1.86. The molecule has 3 heterocycles. The first-order valence-electron chi connectivity index (χ1n) is 11.8. The van der Waals surface area contributed by atoms with Crippen LogP contribution in [0.15, 0.2) is 36.4 Å². The van der Waals surface area contributed by atoms with E-state index in [2.05, 4.69) is 11.4 Å². The first-order valence-corrected chi connectivity index (χ1v) is 11.8. The Hall–Kier alpha value is -4.26. The summed E-state index contributed by atoms with van der Waals surface area (Å²) in [7, 11) is 0. The van der Waals surface area contributed by atoms with Gasteiger partial charge < -0.3 is 14.7 Å². The Labute approximate surface area is 207 Å². The third-order valence-corrected chi connectivity index (χ3v) is 6.98. The SMILES string of the molecule is N#Cc1cccc(CC(=O)N2CCN(c3cc4c(cc3F)C(=O)N(C3CCC(=O)NC3=O)C4)CC2)c1. The molecule has 0 aromatic heterocycles. The van der Waals surface area contributed by atoms with Gasteiger partial charge in [-0.1, -0.05) is 12.1 Å². The zero-order chi connectivity index (χ0) is 25.4. The van der Waals surface area contributed by atoms with Crippen LogP contribution in [-0.4, -0.2) is 65.6 Å². The molecule has 1 atom stereocenters. The summed E-state index contributed by atoms with van der Waals surface area (Å²) < 4.78 is 15.1. The van der Waals surface area contributed by atoms with E-state index >= 15 is 4.39 Å². The number of hydrogen-bond acceptors (Lipinski definition) is 6. The monoisotopic (exact) mass is 489 g/mol. The van der Waals surface area contributed by atoms with Gasteiger partial charge in [0.2, 0.25) is 17.7 Å². The summed E-state index contributed by atoms with van der Waals surface area (Å²) in [5, 5.41) is 11.3. The van der Waals surface area contributed by atoms with Crippen LogP contribution in [0.3, 0.4) is 0 Å². The lowest BCUT2D eigenvalue weighted by Crippen LogP contribution is -2.52. The molecule has 0 saturated carbocycles. The molecule has 10 heteroatoms. The van der Waals surface area contributed by atoms with Gasteiger partial charge in [0.25, 0.3) is 5.91 Å². The van der Waals surface area contributed by atoms with Gasteiger partial charge in [0.05, 0.1) is 23.7 Å². The van der Waals surface area contributed by atoms with Crippen LogP contribution < -0.4 is 10.2 Å². The van der Waals surface area contributed by atoms with Crippen LogP contribution in [0.2, 0.25) is 0 Å². The van der Waals surface area contributed by atoms with E-state index < -0.39 is 23.7 Å². The number of imide groups is 1. The van der Waals surface area contributed by atoms with E-state index in [0.29, 0.717) is 43.0 Å². The van der Waals surface area contributed by atoms with Crippen LogP contribution in [0.4, 0.5) is 10.1 Å². The predicted octanol–water partition coefficient (Wildman–Crippen LogP) is 1.35. The maximum Gasteiger partial charge on any atom is 0.255 e. The van der Waals surface area contributed by atoms with Gasteiger partial charge in [0.1, 0.15) is 11.9 Å². The Morgan fingerprint density at radius 3 is 2.61 bits per heavy atom. The van der Waals surface area contributed by atoms with Gasteiger partial charge in [-0.2, -0.15) is 5.26 Å². The molecule has 3 aliphatic heterocycles. The topological polar surface area (TPSA) is 114 Å². The molecule has 2 fully saturated rings. The van der Waals surface area contributed by atoms with Gasteiger partial charge in [-0.3, -0.25) is 24.5 Å². The lowest BCUT2D eigenvalue weighted by Gasteiger charge is -2.36. The fraction of sp³-hybridized carbons (Fsp3) is 0.346. The van der Waals surface area contributed by atoms with Crippen molar-refractivity contribution < 1.29 is 23.6 Å². The Bertz CT molecular complexity index is 1310. The Morgan fingerprint density at radius 1 is 1.11 bits per heavy atom. The van der Waals surface area contributed by atoms with Crippen molar-refractivity contribution in [3.05, 3.63) is 64.5 Å². The number of fused-ring (bicyclic) bond motifs is 1. The Balaban J connectivity index is 1.24. The van der Waals surface area contributed by atoms with Crippen molar-refractivity contribution in [2.45, 2.75) is 31.8 Å². The lowest BCUT2D eigenvalue weighted by atomic mass is 10.0. The number of hydrogen-bond donors (Lipinski definition) is 1. The van der Waals surface area contributed by atoms with Gasteiger partial charge in [-0.05, 0) is 41.8 Å². The number of nitrogens with zero attached hydrogens (tertiary/aromatic N) is 4. The smallest absolute Gasteiger partial charge is 0.255 e. The molecule has 3 aliphatic rings. The molecule has 0 spiro atoms. The van der Waals surface area contributed by atoms with Crippen molar-refractivity contribution in [3.63, 3.8) is 0 Å². The van der Waals surface area contributed by atoms with E-state index in [0.717, 1.165) is 5.56 Å². The van der Waals surface area contributed by atoms with E-state index in [1.54, 1.807) is 29.2 Å². The molecule has 5 rings (SSSR count). The fourth-order valence-corrected chi connectivity index (χ4v) is 5.05. The van der Waals surface area contributed by atoms with Crippen molar-refractivity contribution >= 4 is 29.3 Å². The van der Waals surface area contributed by atoms with E-state index in [1.807, 2.05) is 11.0 Å². The van der Waals surface area contributed by atoms with Crippen LogP contribution in [0, 0.1) is 17.1 Å². The first kappa shape index (κ1) is 23.5. The average Bonchev–Trinajstić information content (AvgIpc) is 3.18. The maximum absolute atomic E-state index is 15.1. The molecule has 4 amide bonds. The summed E-state index contributed by atoms with van der Waals surface area (Å²) in [6, 6.07) is 11.1. The second kappa shape index (κ2) is 9.41. The predicted molar refractivity (Wildman–Crippen MR) is 126 cm³/mol. The van der Waals surface area contributed by atoms with Gasteiger partial charge >= 0.3 is 0 Å². The van der Waals surface area contributed by atoms with Gasteiger partial charge in [-0.25, -0.2) is 4.39 Å². The summed E-state index contributed by atoms with van der Waals surface area (Å²) >= 11 is 0. The van der Waals surface area contributed by atoms with Crippen LogP contribution in [0.5, 0.6) is 0 Å². The number of benzene rings is 2. The Morgan fingerprint density at radius 2 is 1.89 bits per heavy atom. The highest BCUT2D eigenvalue weighted by molar-refractivity contribution is 6.05. The molecule has 2 saturated heterocycles. The summed E-state index contributed by atoms with van der Waals surface area (Å²) in [5.41, 5.74) is 2.51. The third kappa shape index (κ3) is 4.40. The summed E-state index contributed by atoms with van der Waals surface area (Å²) in [6.45, 7) is 1.90. The minimum absolute atomic E-state index is 0.0513. The molecule has 2 aromatic carbocycles. The largest absolute Gasteiger partial charge is 0.366 e. The summed E-state index contributed by atoms with van der Waals surface area (Å²) in [4.78, 5) is 54.3. The first-order chi connectivity index (χ1) is 17.3. The zero-order valence-corrected chi connectivity index (χ0v) is 19.5. The number of rotatable bonds is 4. The van der Waals surface area contributed by atoms with Crippen LogP contribution in [-0.2, 0) is 27.3 Å². The number of amides is 4. The minimum Gasteiger partial charge on any atom is -0.366 e. The number of carbonyl (C=O) groups is 4. The number of nitrogens with one attached hydrogen (secondary N) is 1. The number of carbonyl (C=O) groups excluding carboxylic acids is 4. The molecule has 36 heavy (non-hydrogen) atoms. The number of piperazine rings is 1. The molecular weight excluding hydrogens is 465 g/mol. The second-order valence-corrected chi connectivity index (χ2v) is 9.22. The zero-order valence-electron chi connectivity index (χ0n) is 19.5. The number of halogens is 1. The third-order valence-electron chi connectivity index (χ3n) is 6.98. The number of piperidine rings is 1. The van der Waals surface area contributed by atoms with Gasteiger partial charge in [-0.15, -0.1) is 0 Å². The van der Waals surface area contributed by atoms with Gasteiger partial charge in [0, 0.05) is 44.7 Å². The van der Waals surface area contributed by atoms with E-state index in [1.165, 1.54) is 11.0 Å². The molecule has 0 aliphatic carbocycles. The number of anilines is 1. The lowest BCUT2D eigenvalue weighted by molar-refractivity contribution is -0.137. The van der Waals surface area contributed by atoms with Crippen molar-refractivity contribution in [2.24, 2.45) is 0 Å². The van der Waals surface area contributed by atoms with Crippen LogP contribution >= 0.6 is 0 Å². The quantitative estimate of drug-likeness (QED) is 0.649. The van der Waals surface area contributed by atoms with Crippen molar-refractivity contribution in [1.29, 1.82) is 5.26 Å². The van der Waals surface area contributed by atoms with Crippen molar-refractivity contribution in [2.75, 3.05) is 31.1 Å². The average molecular weight is 490 g/mol. The van der Waals surface area contributed by atoms with E-state index in [-0.39, 0.29) is 43.2 Å². The van der Waals surface area contributed by atoms with E-state index in [4.69, 9.17) is 5.26 Å². The van der Waals surface area contributed by atoms with Crippen LogP contribution in [0.1, 0.15) is 39.9 Å². The molecule has 0 radical (unpaired) electrons. The molecule has 1 N–H and O–H groups in total. The van der Waals surface area contributed by atoms with Crippen molar-refractivity contribution in [3.8, 4) is 6.07 Å². The molecule has 0 bridgehead atoms. The standard InChI is InChI=1S/C26H24FN5O4/c27-20-13-19-18(15-32(26(19)36)21-4-5-23(33)29-25(21)35)12-22(20)30-6-8-31(9-7-30)24(34)11-16-2-1-3-17(10-16)14-28/h1-3,10,12-13,21H,4-9,11,15H2,(H,29,33,35). The maximum atomic E-state index is 15.1. The van der Waals surface area contributed by atoms with E-state index in [9.17, 15) is 19.2 Å². The molecule has 184 valence electrons. The summed E-state index contributed by atoms with van der Waals surface area (Å²) in [6.07, 6.45) is 0.598. The normalized spacial score (nSPS) is 19.7. The molecule has 2 aromatic rings. The minimum atomic E-state index is -0.752. The van der Waals surface area contributed by atoms with Gasteiger partial charge in [0.15, 0.2) is 0 Å². The highest BCUT2D eigenvalue weighted by Crippen LogP contribution is 2.33. The number of nitriles is 1. The molecular formula is C26H24FN5O4.